The monoisotopic (exact) mass is 284 g/mol. The van der Waals surface area contributed by atoms with Crippen LogP contribution in [0.5, 0.6) is 0 Å². The van der Waals surface area contributed by atoms with Gasteiger partial charge in [0.25, 0.3) is 0 Å². The molecule has 0 unspecified atom stereocenters. The maximum atomic E-state index is 12.0. The first-order chi connectivity index (χ1) is 10.1. The second-order valence-electron chi connectivity index (χ2n) is 4.45. The lowest BCUT2D eigenvalue weighted by Gasteiger charge is -2.05. The molecule has 0 radical (unpaired) electrons. The van der Waals surface area contributed by atoms with Gasteiger partial charge in [-0.3, -0.25) is 4.79 Å². The second-order valence-corrected chi connectivity index (χ2v) is 4.45. The predicted octanol–water partition coefficient (Wildman–Crippen LogP) is 1.21. The minimum Gasteiger partial charge on any atom is -0.406 e. The Morgan fingerprint density at radius 1 is 1.29 bits per heavy atom. The van der Waals surface area contributed by atoms with Gasteiger partial charge in [-0.2, -0.15) is 0 Å². The normalized spacial score (nSPS) is 10.7. The Kier molecular flexibility index (Phi) is 3.15. The van der Waals surface area contributed by atoms with Crippen molar-refractivity contribution in [2.75, 3.05) is 11.1 Å². The lowest BCUT2D eigenvalue weighted by molar-refractivity contribution is -0.116. The first-order valence-corrected chi connectivity index (χ1v) is 6.23. The summed E-state index contributed by atoms with van der Waals surface area (Å²) in [5.41, 5.74) is 7.47. The molecule has 3 rings (SSSR count). The number of aromatic nitrogens is 2. The maximum Gasteiger partial charge on any atom is 0.421 e. The van der Waals surface area contributed by atoms with E-state index in [1.165, 1.54) is 10.8 Å². The van der Waals surface area contributed by atoms with E-state index in [1.807, 2.05) is 0 Å². The summed E-state index contributed by atoms with van der Waals surface area (Å²) in [6.45, 7) is -0.173. The van der Waals surface area contributed by atoms with E-state index in [0.29, 0.717) is 22.6 Å². The molecule has 0 fully saturated rings. The number of oxazole rings is 1. The largest absolute Gasteiger partial charge is 0.421 e. The first-order valence-electron chi connectivity index (χ1n) is 6.23. The van der Waals surface area contributed by atoms with Crippen LogP contribution in [-0.2, 0) is 11.3 Å². The lowest BCUT2D eigenvalue weighted by atomic mass is 10.3. The fourth-order valence-electron chi connectivity index (χ4n) is 1.95. The number of carbonyl (C=O) groups excluding carboxylic acids is 1. The number of nitrogens with zero attached hydrogens (tertiary/aromatic N) is 2. The maximum absolute atomic E-state index is 12.0. The SMILES string of the molecule is Nc1ccc(NC(=O)Cn2c(=O)oc3cccnc32)cc1. The smallest absolute Gasteiger partial charge is 0.406 e. The molecule has 1 aromatic carbocycles. The molecule has 2 heterocycles. The molecule has 0 saturated heterocycles. The fraction of sp³-hybridized carbons (Fsp3) is 0.0714. The van der Waals surface area contributed by atoms with E-state index in [0.717, 1.165) is 0 Å². The van der Waals surface area contributed by atoms with E-state index in [1.54, 1.807) is 36.4 Å². The van der Waals surface area contributed by atoms with E-state index in [4.69, 9.17) is 10.2 Å². The van der Waals surface area contributed by atoms with Crippen LogP contribution in [0.3, 0.4) is 0 Å². The highest BCUT2D eigenvalue weighted by atomic mass is 16.4. The third-order valence-corrected chi connectivity index (χ3v) is 2.92. The van der Waals surface area contributed by atoms with Gasteiger partial charge in [-0.05, 0) is 36.4 Å². The number of benzene rings is 1. The van der Waals surface area contributed by atoms with Crippen LogP contribution in [0, 0.1) is 0 Å². The zero-order valence-electron chi connectivity index (χ0n) is 10.9. The van der Waals surface area contributed by atoms with Crippen LogP contribution in [0.15, 0.2) is 51.8 Å². The summed E-state index contributed by atoms with van der Waals surface area (Å²) in [6.07, 6.45) is 1.53. The molecule has 7 heteroatoms. The summed E-state index contributed by atoms with van der Waals surface area (Å²) in [4.78, 5) is 27.8. The van der Waals surface area contributed by atoms with Crippen molar-refractivity contribution in [1.29, 1.82) is 0 Å². The van der Waals surface area contributed by atoms with Crippen molar-refractivity contribution in [3.63, 3.8) is 0 Å². The molecular formula is C14H12N4O3. The van der Waals surface area contributed by atoms with Crippen molar-refractivity contribution in [1.82, 2.24) is 9.55 Å². The lowest BCUT2D eigenvalue weighted by Crippen LogP contribution is -2.25. The Morgan fingerprint density at radius 3 is 2.81 bits per heavy atom. The van der Waals surface area contributed by atoms with E-state index in [-0.39, 0.29) is 12.5 Å². The molecule has 0 aliphatic rings. The summed E-state index contributed by atoms with van der Waals surface area (Å²) < 4.78 is 6.20. The average Bonchev–Trinajstić information content (AvgIpc) is 2.78. The van der Waals surface area contributed by atoms with Crippen molar-refractivity contribution in [2.45, 2.75) is 6.54 Å². The molecule has 0 saturated carbocycles. The number of nitrogen functional groups attached to an aromatic ring is 1. The first kappa shape index (κ1) is 12.9. The average molecular weight is 284 g/mol. The van der Waals surface area contributed by atoms with Crippen molar-refractivity contribution >= 4 is 28.5 Å². The van der Waals surface area contributed by atoms with Crippen LogP contribution in [0.2, 0.25) is 0 Å². The molecule has 7 nitrogen and oxygen atoms in total. The van der Waals surface area contributed by atoms with Gasteiger partial charge in [0.15, 0.2) is 11.2 Å². The number of hydrogen-bond donors (Lipinski definition) is 2. The van der Waals surface area contributed by atoms with Gasteiger partial charge in [-0.1, -0.05) is 0 Å². The molecule has 21 heavy (non-hydrogen) atoms. The zero-order valence-corrected chi connectivity index (χ0v) is 10.9. The standard InChI is InChI=1S/C14H12N4O3/c15-9-3-5-10(6-4-9)17-12(19)8-18-13-11(21-14(18)20)2-1-7-16-13/h1-7H,8,15H2,(H,17,19). The number of rotatable bonds is 3. The van der Waals surface area contributed by atoms with Crippen LogP contribution in [0.1, 0.15) is 0 Å². The number of hydrogen-bond acceptors (Lipinski definition) is 5. The van der Waals surface area contributed by atoms with Gasteiger partial charge < -0.3 is 15.5 Å². The minimum atomic E-state index is -0.615. The summed E-state index contributed by atoms with van der Waals surface area (Å²) in [7, 11) is 0. The molecule has 1 amide bonds. The van der Waals surface area contributed by atoms with Gasteiger partial charge in [-0.15, -0.1) is 0 Å². The van der Waals surface area contributed by atoms with Crippen molar-refractivity contribution in [3.05, 3.63) is 53.1 Å². The van der Waals surface area contributed by atoms with Crippen LogP contribution in [-0.4, -0.2) is 15.5 Å². The number of pyridine rings is 1. The number of amides is 1. The van der Waals surface area contributed by atoms with Gasteiger partial charge in [-0.25, -0.2) is 14.3 Å². The molecular weight excluding hydrogens is 272 g/mol. The number of nitrogens with one attached hydrogen (secondary N) is 1. The molecule has 3 N–H and O–H groups in total. The van der Waals surface area contributed by atoms with Gasteiger partial charge in [0, 0.05) is 17.6 Å². The second kappa shape index (κ2) is 5.12. The predicted molar refractivity (Wildman–Crippen MR) is 77.8 cm³/mol. The quantitative estimate of drug-likeness (QED) is 0.704. The number of nitrogens with two attached hydrogens (primary N) is 1. The zero-order chi connectivity index (χ0) is 14.8. The topological polar surface area (TPSA) is 103 Å². The van der Waals surface area contributed by atoms with E-state index in [2.05, 4.69) is 10.3 Å². The van der Waals surface area contributed by atoms with Crippen LogP contribution in [0.4, 0.5) is 11.4 Å². The minimum absolute atomic E-state index is 0.173. The molecule has 0 atom stereocenters. The third kappa shape index (κ3) is 2.62. The van der Waals surface area contributed by atoms with Gasteiger partial charge in [0.2, 0.25) is 5.91 Å². The molecule has 0 spiro atoms. The molecule has 0 bridgehead atoms. The van der Waals surface area contributed by atoms with Crippen LogP contribution >= 0.6 is 0 Å². The third-order valence-electron chi connectivity index (χ3n) is 2.92. The molecule has 0 aliphatic carbocycles. The molecule has 0 aliphatic heterocycles. The van der Waals surface area contributed by atoms with E-state index >= 15 is 0 Å². The fourth-order valence-corrected chi connectivity index (χ4v) is 1.95. The van der Waals surface area contributed by atoms with Gasteiger partial charge >= 0.3 is 5.76 Å². The Bertz CT molecular complexity index is 849. The number of carbonyl (C=O) groups is 1. The summed E-state index contributed by atoms with van der Waals surface area (Å²) in [5.74, 6) is -0.966. The van der Waals surface area contributed by atoms with Crippen molar-refractivity contribution in [2.24, 2.45) is 0 Å². The molecule has 3 aromatic rings. The highest BCUT2D eigenvalue weighted by Gasteiger charge is 2.13. The van der Waals surface area contributed by atoms with E-state index in [9.17, 15) is 9.59 Å². The summed E-state index contributed by atoms with van der Waals surface area (Å²) >= 11 is 0. The van der Waals surface area contributed by atoms with Crippen LogP contribution in [0.25, 0.3) is 11.2 Å². The Labute approximate surface area is 119 Å². The highest BCUT2D eigenvalue weighted by Crippen LogP contribution is 2.11. The van der Waals surface area contributed by atoms with Gasteiger partial charge in [0.1, 0.15) is 6.54 Å². The Balaban J connectivity index is 1.82. The summed E-state index contributed by atoms with van der Waals surface area (Å²) in [5, 5.41) is 2.68. The van der Waals surface area contributed by atoms with Gasteiger partial charge in [0.05, 0.1) is 0 Å². The molecule has 2 aromatic heterocycles. The summed E-state index contributed by atoms with van der Waals surface area (Å²) in [6, 6.07) is 10.00. The Morgan fingerprint density at radius 2 is 2.05 bits per heavy atom. The highest BCUT2D eigenvalue weighted by molar-refractivity contribution is 5.91. The van der Waals surface area contributed by atoms with E-state index < -0.39 is 5.76 Å². The Hall–Kier alpha value is -3.09. The number of anilines is 2. The van der Waals surface area contributed by atoms with Crippen LogP contribution < -0.4 is 16.8 Å². The number of fused-ring (bicyclic) bond motifs is 1. The molecule has 106 valence electrons. The van der Waals surface area contributed by atoms with Crippen molar-refractivity contribution < 1.29 is 9.21 Å². The van der Waals surface area contributed by atoms with Crippen molar-refractivity contribution in [3.8, 4) is 0 Å².